The maximum absolute atomic E-state index is 5.66. The first-order valence-electron chi connectivity index (χ1n) is 6.03. The molecule has 0 aliphatic carbocycles. The van der Waals surface area contributed by atoms with Crippen LogP contribution in [0.3, 0.4) is 0 Å². The first-order chi connectivity index (χ1) is 9.31. The zero-order chi connectivity index (χ0) is 13.1. The normalized spacial score (nSPS) is 10.6. The van der Waals surface area contributed by atoms with E-state index in [2.05, 4.69) is 51.2 Å². The number of hydrogen-bond acceptors (Lipinski definition) is 2. The Hall–Kier alpha value is -1.87. The molecule has 3 heteroatoms. The van der Waals surface area contributed by atoms with E-state index < -0.39 is 0 Å². The van der Waals surface area contributed by atoms with Crippen molar-refractivity contribution in [2.75, 3.05) is 0 Å². The van der Waals surface area contributed by atoms with E-state index in [4.69, 9.17) is 4.74 Å². The fourth-order valence-electron chi connectivity index (χ4n) is 1.93. The molecule has 0 aliphatic rings. The molecular formula is C16H12BrNO. The van der Waals surface area contributed by atoms with Crippen LogP contribution in [-0.4, -0.2) is 4.98 Å². The molecule has 94 valence electrons. The first-order valence-corrected chi connectivity index (χ1v) is 6.82. The van der Waals surface area contributed by atoms with Gasteiger partial charge in [-0.15, -0.1) is 0 Å². The summed E-state index contributed by atoms with van der Waals surface area (Å²) >= 11 is 3.35. The Kier molecular flexibility index (Phi) is 3.47. The minimum atomic E-state index is 0.527. The van der Waals surface area contributed by atoms with Crippen LogP contribution in [0.2, 0.25) is 0 Å². The van der Waals surface area contributed by atoms with Gasteiger partial charge in [0.2, 0.25) is 5.88 Å². The van der Waals surface area contributed by atoms with Crippen molar-refractivity contribution < 1.29 is 4.74 Å². The van der Waals surface area contributed by atoms with Gasteiger partial charge in [-0.25, -0.2) is 4.98 Å². The second kappa shape index (κ2) is 5.41. The zero-order valence-electron chi connectivity index (χ0n) is 10.2. The van der Waals surface area contributed by atoms with Gasteiger partial charge in [0.05, 0.1) is 0 Å². The highest BCUT2D eigenvalue weighted by Crippen LogP contribution is 2.18. The first kappa shape index (κ1) is 12.2. The molecule has 0 radical (unpaired) electrons. The third-order valence-electron chi connectivity index (χ3n) is 2.90. The van der Waals surface area contributed by atoms with E-state index in [1.165, 1.54) is 10.8 Å². The fraction of sp³-hybridized carbons (Fsp3) is 0.0625. The number of pyridine rings is 1. The molecule has 0 N–H and O–H groups in total. The predicted octanol–water partition coefficient (Wildman–Crippen LogP) is 4.58. The molecule has 3 aromatic rings. The topological polar surface area (TPSA) is 22.1 Å². The van der Waals surface area contributed by atoms with Crippen LogP contribution < -0.4 is 4.74 Å². The van der Waals surface area contributed by atoms with E-state index in [0.717, 1.165) is 10.0 Å². The Morgan fingerprint density at radius 3 is 2.58 bits per heavy atom. The van der Waals surface area contributed by atoms with Gasteiger partial charge >= 0.3 is 0 Å². The summed E-state index contributed by atoms with van der Waals surface area (Å²) in [7, 11) is 0. The molecule has 1 aromatic heterocycles. The third kappa shape index (κ3) is 2.93. The zero-order valence-corrected chi connectivity index (χ0v) is 11.8. The molecule has 0 spiro atoms. The predicted molar refractivity (Wildman–Crippen MR) is 80.2 cm³/mol. The van der Waals surface area contributed by atoms with Crippen molar-refractivity contribution in [3.05, 3.63) is 70.8 Å². The summed E-state index contributed by atoms with van der Waals surface area (Å²) in [6, 6.07) is 18.4. The summed E-state index contributed by atoms with van der Waals surface area (Å²) in [5.74, 6) is 0.636. The number of fused-ring (bicyclic) bond motifs is 1. The van der Waals surface area contributed by atoms with Gasteiger partial charge in [0.1, 0.15) is 6.61 Å². The Balaban J connectivity index is 1.76. The van der Waals surface area contributed by atoms with Gasteiger partial charge in [0.25, 0.3) is 0 Å². The average Bonchev–Trinajstić information content (AvgIpc) is 2.46. The number of halogens is 1. The molecule has 0 fully saturated rings. The molecule has 0 amide bonds. The Morgan fingerprint density at radius 2 is 1.79 bits per heavy atom. The fourth-order valence-corrected chi connectivity index (χ4v) is 2.17. The molecule has 0 bridgehead atoms. The highest BCUT2D eigenvalue weighted by Gasteiger charge is 1.99. The van der Waals surface area contributed by atoms with Crippen molar-refractivity contribution in [1.82, 2.24) is 4.98 Å². The number of nitrogens with zero attached hydrogens (tertiary/aromatic N) is 1. The highest BCUT2D eigenvalue weighted by atomic mass is 79.9. The lowest BCUT2D eigenvalue weighted by atomic mass is 10.1. The minimum Gasteiger partial charge on any atom is -0.473 e. The van der Waals surface area contributed by atoms with E-state index in [9.17, 15) is 0 Å². The summed E-state index contributed by atoms with van der Waals surface area (Å²) < 4.78 is 6.61. The Morgan fingerprint density at radius 1 is 0.947 bits per heavy atom. The lowest BCUT2D eigenvalue weighted by Crippen LogP contribution is -1.96. The number of benzene rings is 2. The van der Waals surface area contributed by atoms with Crippen molar-refractivity contribution in [1.29, 1.82) is 0 Å². The highest BCUT2D eigenvalue weighted by molar-refractivity contribution is 9.10. The van der Waals surface area contributed by atoms with Crippen molar-refractivity contribution in [2.24, 2.45) is 0 Å². The van der Waals surface area contributed by atoms with Gasteiger partial charge < -0.3 is 4.74 Å². The van der Waals surface area contributed by atoms with Crippen molar-refractivity contribution in [3.8, 4) is 5.88 Å². The number of aromatic nitrogens is 1. The maximum atomic E-state index is 5.66. The standard InChI is InChI=1S/C16H12BrNO/c17-15-7-8-16(18-10-15)19-11-12-5-6-13-3-1-2-4-14(13)9-12/h1-10H,11H2. The average molecular weight is 314 g/mol. The molecule has 2 aromatic carbocycles. The van der Waals surface area contributed by atoms with Crippen LogP contribution >= 0.6 is 15.9 Å². The summed E-state index contributed by atoms with van der Waals surface area (Å²) in [5.41, 5.74) is 1.14. The molecule has 0 saturated heterocycles. The van der Waals surface area contributed by atoms with Crippen LogP contribution in [0.4, 0.5) is 0 Å². The Bertz CT molecular complexity index is 694. The van der Waals surface area contributed by atoms with Crippen LogP contribution in [0.1, 0.15) is 5.56 Å². The van der Waals surface area contributed by atoms with Gasteiger partial charge in [0, 0.05) is 16.7 Å². The van der Waals surface area contributed by atoms with Gasteiger partial charge in [-0.1, -0.05) is 36.4 Å². The van der Waals surface area contributed by atoms with Gasteiger partial charge in [0.15, 0.2) is 0 Å². The van der Waals surface area contributed by atoms with Crippen LogP contribution in [0, 0.1) is 0 Å². The van der Waals surface area contributed by atoms with Gasteiger partial charge in [-0.3, -0.25) is 0 Å². The van der Waals surface area contributed by atoms with Crippen LogP contribution in [0.5, 0.6) is 5.88 Å². The molecule has 19 heavy (non-hydrogen) atoms. The molecule has 0 aliphatic heterocycles. The summed E-state index contributed by atoms with van der Waals surface area (Å²) in [6.45, 7) is 0.527. The van der Waals surface area contributed by atoms with Crippen LogP contribution in [0.25, 0.3) is 10.8 Å². The lowest BCUT2D eigenvalue weighted by molar-refractivity contribution is 0.294. The number of rotatable bonds is 3. The van der Waals surface area contributed by atoms with Crippen molar-refractivity contribution in [3.63, 3.8) is 0 Å². The monoisotopic (exact) mass is 313 g/mol. The van der Waals surface area contributed by atoms with E-state index in [-0.39, 0.29) is 0 Å². The number of hydrogen-bond donors (Lipinski definition) is 0. The van der Waals surface area contributed by atoms with Crippen LogP contribution in [-0.2, 0) is 6.61 Å². The molecule has 0 saturated carbocycles. The van der Waals surface area contributed by atoms with E-state index in [1.807, 2.05) is 24.3 Å². The van der Waals surface area contributed by atoms with Crippen molar-refractivity contribution in [2.45, 2.75) is 6.61 Å². The largest absolute Gasteiger partial charge is 0.473 e. The van der Waals surface area contributed by atoms with Gasteiger partial charge in [-0.05, 0) is 44.4 Å². The summed E-state index contributed by atoms with van der Waals surface area (Å²) in [6.07, 6.45) is 1.73. The van der Waals surface area contributed by atoms with E-state index >= 15 is 0 Å². The van der Waals surface area contributed by atoms with E-state index in [1.54, 1.807) is 6.20 Å². The summed E-state index contributed by atoms with van der Waals surface area (Å²) in [4.78, 5) is 4.19. The SMILES string of the molecule is Brc1ccc(OCc2ccc3ccccc3c2)nc1. The maximum Gasteiger partial charge on any atom is 0.213 e. The number of ether oxygens (including phenoxy) is 1. The molecule has 1 heterocycles. The van der Waals surface area contributed by atoms with Crippen molar-refractivity contribution >= 4 is 26.7 Å². The Labute approximate surface area is 120 Å². The molecule has 0 atom stereocenters. The third-order valence-corrected chi connectivity index (χ3v) is 3.37. The lowest BCUT2D eigenvalue weighted by Gasteiger charge is -2.06. The minimum absolute atomic E-state index is 0.527. The van der Waals surface area contributed by atoms with E-state index in [0.29, 0.717) is 12.5 Å². The smallest absolute Gasteiger partial charge is 0.213 e. The second-order valence-corrected chi connectivity index (χ2v) is 5.20. The molecule has 0 unspecified atom stereocenters. The summed E-state index contributed by atoms with van der Waals surface area (Å²) in [5, 5.41) is 2.47. The molecular weight excluding hydrogens is 302 g/mol. The molecule has 3 rings (SSSR count). The van der Waals surface area contributed by atoms with Crippen LogP contribution in [0.15, 0.2) is 65.3 Å². The molecule has 2 nitrogen and oxygen atoms in total. The van der Waals surface area contributed by atoms with Gasteiger partial charge in [-0.2, -0.15) is 0 Å². The quantitative estimate of drug-likeness (QED) is 0.706. The second-order valence-electron chi connectivity index (χ2n) is 4.28.